The molecule has 1 aliphatic carbocycles. The van der Waals surface area contributed by atoms with Crippen LogP contribution in [-0.4, -0.2) is 17.5 Å². The van der Waals surface area contributed by atoms with Crippen LogP contribution in [0.15, 0.2) is 0 Å². The topological polar surface area (TPSA) is 35.8 Å². The molecule has 3 heteroatoms. The summed E-state index contributed by atoms with van der Waals surface area (Å²) in [6, 6.07) is 0. The van der Waals surface area contributed by atoms with E-state index in [0.717, 1.165) is 6.54 Å². The first-order valence-electron chi connectivity index (χ1n) is 4.00. The first-order valence-corrected chi connectivity index (χ1v) is 5.22. The maximum absolute atomic E-state index is 8.37. The highest BCUT2D eigenvalue weighted by molar-refractivity contribution is 8.00. The van der Waals surface area contributed by atoms with Crippen molar-refractivity contribution in [2.24, 2.45) is 0 Å². The standard InChI is InChI=1S/C8H14N2S/c1-11-8(6-10-7-9)4-2-3-5-8/h10H,2-6H2,1H3. The average Bonchev–Trinajstić information content (AvgIpc) is 2.50. The highest BCUT2D eigenvalue weighted by Gasteiger charge is 2.32. The van der Waals surface area contributed by atoms with Crippen LogP contribution in [0.5, 0.6) is 0 Å². The lowest BCUT2D eigenvalue weighted by Crippen LogP contribution is -2.32. The van der Waals surface area contributed by atoms with Crippen molar-refractivity contribution in [1.82, 2.24) is 5.32 Å². The van der Waals surface area contributed by atoms with Crippen molar-refractivity contribution in [1.29, 1.82) is 5.26 Å². The summed E-state index contributed by atoms with van der Waals surface area (Å²) >= 11 is 1.91. The smallest absolute Gasteiger partial charge is 0.176 e. The summed E-state index contributed by atoms with van der Waals surface area (Å²) in [5.74, 6) is 0. The number of nitriles is 1. The van der Waals surface area contributed by atoms with Crippen LogP contribution in [0.4, 0.5) is 0 Å². The molecule has 0 unspecified atom stereocenters. The zero-order valence-electron chi connectivity index (χ0n) is 6.89. The molecule has 0 aliphatic heterocycles. The van der Waals surface area contributed by atoms with Gasteiger partial charge in [-0.3, -0.25) is 0 Å². The number of nitrogens with zero attached hydrogens (tertiary/aromatic N) is 1. The molecule has 0 amide bonds. The Morgan fingerprint density at radius 3 is 2.64 bits per heavy atom. The Bertz CT molecular complexity index is 156. The lowest BCUT2D eigenvalue weighted by molar-refractivity contribution is 0.584. The van der Waals surface area contributed by atoms with Gasteiger partial charge in [-0.15, -0.1) is 0 Å². The number of hydrogen-bond donors (Lipinski definition) is 1. The van der Waals surface area contributed by atoms with E-state index in [0.29, 0.717) is 4.75 Å². The maximum Gasteiger partial charge on any atom is 0.176 e. The van der Waals surface area contributed by atoms with Gasteiger partial charge < -0.3 is 5.32 Å². The third-order valence-electron chi connectivity index (χ3n) is 2.44. The van der Waals surface area contributed by atoms with E-state index in [1.165, 1.54) is 25.7 Å². The Hall–Kier alpha value is -0.360. The van der Waals surface area contributed by atoms with Crippen molar-refractivity contribution < 1.29 is 0 Å². The summed E-state index contributed by atoms with van der Waals surface area (Å²) < 4.78 is 0.371. The molecule has 0 aromatic heterocycles. The van der Waals surface area contributed by atoms with Crippen molar-refractivity contribution in [2.75, 3.05) is 12.8 Å². The lowest BCUT2D eigenvalue weighted by Gasteiger charge is -2.25. The summed E-state index contributed by atoms with van der Waals surface area (Å²) in [6.07, 6.45) is 9.32. The molecule has 0 spiro atoms. The Labute approximate surface area is 72.4 Å². The molecule has 1 fully saturated rings. The summed E-state index contributed by atoms with van der Waals surface area (Å²) in [5.41, 5.74) is 0. The van der Waals surface area contributed by atoms with Crippen molar-refractivity contribution in [3.8, 4) is 6.19 Å². The molecule has 2 nitrogen and oxygen atoms in total. The molecule has 0 radical (unpaired) electrons. The van der Waals surface area contributed by atoms with Crippen LogP contribution in [0.2, 0.25) is 0 Å². The molecule has 0 heterocycles. The van der Waals surface area contributed by atoms with Gasteiger partial charge in [-0.25, -0.2) is 0 Å². The second kappa shape index (κ2) is 3.87. The molecular formula is C8H14N2S. The third-order valence-corrected chi connectivity index (χ3v) is 3.86. The van der Waals surface area contributed by atoms with E-state index in [9.17, 15) is 0 Å². The van der Waals surface area contributed by atoms with Crippen LogP contribution in [0.3, 0.4) is 0 Å². The molecule has 0 aromatic rings. The van der Waals surface area contributed by atoms with E-state index in [1.807, 2.05) is 18.0 Å². The van der Waals surface area contributed by atoms with Gasteiger partial charge in [0.2, 0.25) is 0 Å². The summed E-state index contributed by atoms with van der Waals surface area (Å²) in [7, 11) is 0. The second-order valence-electron chi connectivity index (χ2n) is 3.06. The Morgan fingerprint density at radius 1 is 1.55 bits per heavy atom. The number of hydrogen-bond acceptors (Lipinski definition) is 3. The number of rotatable bonds is 3. The van der Waals surface area contributed by atoms with Gasteiger partial charge >= 0.3 is 0 Å². The molecule has 11 heavy (non-hydrogen) atoms. The van der Waals surface area contributed by atoms with Gasteiger partial charge in [0.25, 0.3) is 0 Å². The van der Waals surface area contributed by atoms with E-state index < -0.39 is 0 Å². The normalized spacial score (nSPS) is 21.1. The summed E-state index contributed by atoms with van der Waals surface area (Å²) in [4.78, 5) is 0. The van der Waals surface area contributed by atoms with E-state index in [2.05, 4.69) is 11.6 Å². The van der Waals surface area contributed by atoms with Crippen LogP contribution in [0.25, 0.3) is 0 Å². The predicted octanol–water partition coefficient (Wildman–Crippen LogP) is 1.73. The lowest BCUT2D eigenvalue weighted by atomic mass is 10.1. The van der Waals surface area contributed by atoms with Crippen LogP contribution < -0.4 is 5.32 Å². The zero-order valence-corrected chi connectivity index (χ0v) is 7.71. The Morgan fingerprint density at radius 2 is 2.18 bits per heavy atom. The highest BCUT2D eigenvalue weighted by atomic mass is 32.2. The van der Waals surface area contributed by atoms with E-state index >= 15 is 0 Å². The maximum atomic E-state index is 8.37. The molecule has 62 valence electrons. The molecule has 1 N–H and O–H groups in total. The molecule has 0 aromatic carbocycles. The quantitative estimate of drug-likeness (QED) is 0.517. The molecule has 0 saturated heterocycles. The van der Waals surface area contributed by atoms with Gasteiger partial charge in [0.1, 0.15) is 0 Å². The van der Waals surface area contributed by atoms with Crippen molar-refractivity contribution in [2.45, 2.75) is 30.4 Å². The number of nitrogens with one attached hydrogen (secondary N) is 1. The highest BCUT2D eigenvalue weighted by Crippen LogP contribution is 2.39. The first kappa shape index (κ1) is 8.73. The summed E-state index contributed by atoms with van der Waals surface area (Å²) in [6.45, 7) is 0.852. The predicted molar refractivity (Wildman–Crippen MR) is 48.3 cm³/mol. The van der Waals surface area contributed by atoms with Crippen LogP contribution in [0, 0.1) is 11.5 Å². The first-order chi connectivity index (χ1) is 5.33. The minimum absolute atomic E-state index is 0.371. The third kappa shape index (κ3) is 2.03. The van der Waals surface area contributed by atoms with E-state index in [4.69, 9.17) is 5.26 Å². The molecule has 0 bridgehead atoms. The molecule has 1 saturated carbocycles. The molecule has 0 atom stereocenters. The van der Waals surface area contributed by atoms with Gasteiger partial charge in [0.05, 0.1) is 0 Å². The second-order valence-corrected chi connectivity index (χ2v) is 4.33. The zero-order chi connectivity index (χ0) is 8.16. The van der Waals surface area contributed by atoms with Gasteiger partial charge in [-0.2, -0.15) is 17.0 Å². The Kier molecular flexibility index (Phi) is 3.07. The van der Waals surface area contributed by atoms with E-state index in [-0.39, 0.29) is 0 Å². The van der Waals surface area contributed by atoms with Crippen LogP contribution in [0.1, 0.15) is 25.7 Å². The molecule has 1 rings (SSSR count). The van der Waals surface area contributed by atoms with Gasteiger partial charge in [-0.1, -0.05) is 12.8 Å². The van der Waals surface area contributed by atoms with Crippen LogP contribution >= 0.6 is 11.8 Å². The molecule has 1 aliphatic rings. The minimum Gasteiger partial charge on any atom is -0.322 e. The van der Waals surface area contributed by atoms with Gasteiger partial charge in [0, 0.05) is 11.3 Å². The molecular weight excluding hydrogens is 156 g/mol. The average molecular weight is 170 g/mol. The van der Waals surface area contributed by atoms with Gasteiger partial charge in [0.15, 0.2) is 6.19 Å². The fourth-order valence-corrected chi connectivity index (χ4v) is 2.59. The Balaban J connectivity index is 2.40. The fraction of sp³-hybridized carbons (Fsp3) is 0.875. The van der Waals surface area contributed by atoms with Crippen molar-refractivity contribution in [3.63, 3.8) is 0 Å². The van der Waals surface area contributed by atoms with Crippen LogP contribution in [-0.2, 0) is 0 Å². The monoisotopic (exact) mass is 170 g/mol. The SMILES string of the molecule is CSC1(CNC#N)CCCC1. The van der Waals surface area contributed by atoms with Crippen molar-refractivity contribution >= 4 is 11.8 Å². The minimum atomic E-state index is 0.371. The largest absolute Gasteiger partial charge is 0.322 e. The fourth-order valence-electron chi connectivity index (χ4n) is 1.67. The van der Waals surface area contributed by atoms with E-state index in [1.54, 1.807) is 0 Å². The van der Waals surface area contributed by atoms with Crippen molar-refractivity contribution in [3.05, 3.63) is 0 Å². The number of thioether (sulfide) groups is 1. The summed E-state index contributed by atoms with van der Waals surface area (Å²) in [5, 5.41) is 11.1. The van der Waals surface area contributed by atoms with Gasteiger partial charge in [-0.05, 0) is 19.1 Å².